The summed E-state index contributed by atoms with van der Waals surface area (Å²) in [6.07, 6.45) is -4.96. The van der Waals surface area contributed by atoms with Gasteiger partial charge in [-0.3, -0.25) is 0 Å². The van der Waals surface area contributed by atoms with Gasteiger partial charge < -0.3 is 5.32 Å². The Bertz CT molecular complexity index is 551. The van der Waals surface area contributed by atoms with E-state index < -0.39 is 12.6 Å². The third kappa shape index (κ3) is 3.16. The monoisotopic (exact) mass is 317 g/mol. The van der Waals surface area contributed by atoms with Crippen molar-refractivity contribution in [2.24, 2.45) is 0 Å². The summed E-state index contributed by atoms with van der Waals surface area (Å²) < 4.78 is 37.2. The Balaban J connectivity index is 2.21. The summed E-state index contributed by atoms with van der Waals surface area (Å²) in [6, 6.07) is 11.2. The minimum Gasteiger partial charge on any atom is -0.384 e. The lowest BCUT2D eigenvalue weighted by Crippen LogP contribution is -2.14. The second-order valence-corrected chi connectivity index (χ2v) is 4.79. The van der Waals surface area contributed by atoms with Crippen molar-refractivity contribution >= 4 is 32.4 Å². The number of nitrogens with one attached hydrogen (secondary N) is 1. The van der Waals surface area contributed by atoms with E-state index in [-0.39, 0.29) is 6.54 Å². The predicted molar refractivity (Wildman–Crippen MR) is 70.8 cm³/mol. The minimum atomic E-state index is -4.13. The van der Waals surface area contributed by atoms with Crippen molar-refractivity contribution in [2.45, 2.75) is 12.6 Å². The molecule has 2 rings (SSSR count). The van der Waals surface area contributed by atoms with Crippen molar-refractivity contribution in [2.75, 3.05) is 11.9 Å². The lowest BCUT2D eigenvalue weighted by Gasteiger charge is -2.12. The van der Waals surface area contributed by atoms with Gasteiger partial charge in [0.1, 0.15) is 0 Å². The van der Waals surface area contributed by atoms with Crippen LogP contribution in [0.2, 0.25) is 0 Å². The number of hydrogen-bond donors (Lipinski definition) is 1. The maximum absolute atomic E-state index is 12.1. The van der Waals surface area contributed by atoms with Gasteiger partial charge in [0.15, 0.2) is 0 Å². The van der Waals surface area contributed by atoms with E-state index in [2.05, 4.69) is 21.2 Å². The summed E-state index contributed by atoms with van der Waals surface area (Å²) in [4.78, 5) is 0. The summed E-state index contributed by atoms with van der Waals surface area (Å²) in [7, 11) is 0. The first-order valence-electron chi connectivity index (χ1n) is 5.45. The van der Waals surface area contributed by atoms with Crippen LogP contribution in [-0.4, -0.2) is 12.7 Å². The predicted octanol–water partition coefficient (Wildman–Crippen LogP) is 4.97. The van der Waals surface area contributed by atoms with Crippen LogP contribution in [0.1, 0.15) is 6.42 Å². The molecule has 0 amide bonds. The molecule has 0 aliphatic heterocycles. The van der Waals surface area contributed by atoms with E-state index in [1.54, 1.807) is 6.07 Å². The van der Waals surface area contributed by atoms with Crippen LogP contribution in [-0.2, 0) is 0 Å². The van der Waals surface area contributed by atoms with E-state index in [9.17, 15) is 13.2 Å². The molecule has 0 spiro atoms. The summed E-state index contributed by atoms with van der Waals surface area (Å²) in [5.74, 6) is 0. The van der Waals surface area contributed by atoms with Crippen LogP contribution in [0.25, 0.3) is 10.8 Å². The van der Waals surface area contributed by atoms with Gasteiger partial charge in [-0.1, -0.05) is 40.2 Å². The van der Waals surface area contributed by atoms with Crippen LogP contribution >= 0.6 is 15.9 Å². The Morgan fingerprint density at radius 3 is 2.33 bits per heavy atom. The first kappa shape index (κ1) is 13.2. The number of alkyl halides is 3. The van der Waals surface area contributed by atoms with Crippen LogP contribution in [0.5, 0.6) is 0 Å². The number of halogens is 4. The molecule has 0 aliphatic rings. The number of anilines is 1. The number of rotatable bonds is 3. The Labute approximate surface area is 111 Å². The van der Waals surface area contributed by atoms with Gasteiger partial charge in [0.2, 0.25) is 0 Å². The summed E-state index contributed by atoms with van der Waals surface area (Å²) >= 11 is 3.42. The summed E-state index contributed by atoms with van der Waals surface area (Å²) in [6.45, 7) is -0.116. The largest absolute Gasteiger partial charge is 0.390 e. The van der Waals surface area contributed by atoms with Crippen LogP contribution in [0.3, 0.4) is 0 Å². The van der Waals surface area contributed by atoms with Crippen LogP contribution in [0.4, 0.5) is 18.9 Å². The molecule has 0 bridgehead atoms. The fourth-order valence-corrected chi connectivity index (χ4v) is 2.23. The molecular weight excluding hydrogens is 307 g/mol. The number of benzene rings is 2. The van der Waals surface area contributed by atoms with Crippen LogP contribution < -0.4 is 5.32 Å². The highest BCUT2D eigenvalue weighted by Gasteiger charge is 2.26. The molecule has 96 valence electrons. The zero-order chi connectivity index (χ0) is 13.2. The SMILES string of the molecule is FC(F)(F)CCNc1ccc(Br)c2ccccc12. The lowest BCUT2D eigenvalue weighted by molar-refractivity contribution is -0.131. The van der Waals surface area contributed by atoms with Gasteiger partial charge >= 0.3 is 6.18 Å². The fourth-order valence-electron chi connectivity index (χ4n) is 1.76. The van der Waals surface area contributed by atoms with Crippen molar-refractivity contribution in [3.8, 4) is 0 Å². The first-order chi connectivity index (χ1) is 8.47. The van der Waals surface area contributed by atoms with E-state index in [0.29, 0.717) is 0 Å². The Morgan fingerprint density at radius 1 is 1.00 bits per heavy atom. The van der Waals surface area contributed by atoms with Gasteiger partial charge in [-0.25, -0.2) is 0 Å². The molecule has 5 heteroatoms. The Hall–Kier alpha value is -1.23. The zero-order valence-corrected chi connectivity index (χ0v) is 11.0. The normalized spacial score (nSPS) is 11.8. The molecule has 0 aromatic heterocycles. The molecule has 1 nitrogen and oxygen atoms in total. The fraction of sp³-hybridized carbons (Fsp3) is 0.231. The molecule has 0 unspecified atom stereocenters. The third-order valence-electron chi connectivity index (χ3n) is 2.59. The minimum absolute atomic E-state index is 0.116. The third-order valence-corrected chi connectivity index (χ3v) is 3.29. The van der Waals surface area contributed by atoms with E-state index in [1.165, 1.54) is 0 Å². The van der Waals surface area contributed by atoms with Gasteiger partial charge in [0.25, 0.3) is 0 Å². The molecule has 0 atom stereocenters. The van der Waals surface area contributed by atoms with Gasteiger partial charge in [-0.05, 0) is 17.5 Å². The van der Waals surface area contributed by atoms with E-state index in [0.717, 1.165) is 20.9 Å². The van der Waals surface area contributed by atoms with Crippen molar-refractivity contribution in [1.29, 1.82) is 0 Å². The maximum Gasteiger partial charge on any atom is 0.390 e. The molecule has 2 aromatic rings. The molecule has 0 saturated heterocycles. The van der Waals surface area contributed by atoms with Crippen molar-refractivity contribution in [3.05, 3.63) is 40.9 Å². The molecule has 0 saturated carbocycles. The van der Waals surface area contributed by atoms with Crippen LogP contribution in [0.15, 0.2) is 40.9 Å². The Kier molecular flexibility index (Phi) is 3.80. The highest BCUT2D eigenvalue weighted by atomic mass is 79.9. The van der Waals surface area contributed by atoms with Crippen molar-refractivity contribution in [1.82, 2.24) is 0 Å². The summed E-state index contributed by atoms with van der Waals surface area (Å²) in [5.41, 5.74) is 0.720. The smallest absolute Gasteiger partial charge is 0.384 e. The first-order valence-corrected chi connectivity index (χ1v) is 6.24. The molecule has 2 aromatic carbocycles. The van der Waals surface area contributed by atoms with E-state index in [4.69, 9.17) is 0 Å². The quantitative estimate of drug-likeness (QED) is 0.843. The van der Waals surface area contributed by atoms with Crippen molar-refractivity contribution < 1.29 is 13.2 Å². The van der Waals surface area contributed by atoms with Gasteiger partial charge in [-0.2, -0.15) is 13.2 Å². The molecule has 0 fully saturated rings. The van der Waals surface area contributed by atoms with Gasteiger partial charge in [-0.15, -0.1) is 0 Å². The lowest BCUT2D eigenvalue weighted by atomic mass is 10.1. The van der Waals surface area contributed by atoms with Crippen LogP contribution in [0, 0.1) is 0 Å². The maximum atomic E-state index is 12.1. The average molecular weight is 318 g/mol. The molecular formula is C13H11BrF3N. The molecule has 0 heterocycles. The summed E-state index contributed by atoms with van der Waals surface area (Å²) in [5, 5.41) is 4.72. The highest BCUT2D eigenvalue weighted by Crippen LogP contribution is 2.30. The Morgan fingerprint density at radius 2 is 1.67 bits per heavy atom. The highest BCUT2D eigenvalue weighted by molar-refractivity contribution is 9.10. The second kappa shape index (κ2) is 5.18. The average Bonchev–Trinajstić information content (AvgIpc) is 2.31. The number of fused-ring (bicyclic) bond motifs is 1. The van der Waals surface area contributed by atoms with E-state index >= 15 is 0 Å². The topological polar surface area (TPSA) is 12.0 Å². The molecule has 0 aliphatic carbocycles. The van der Waals surface area contributed by atoms with Gasteiger partial charge in [0.05, 0.1) is 6.42 Å². The molecule has 0 radical (unpaired) electrons. The second-order valence-electron chi connectivity index (χ2n) is 3.93. The van der Waals surface area contributed by atoms with E-state index in [1.807, 2.05) is 30.3 Å². The number of hydrogen-bond acceptors (Lipinski definition) is 1. The molecule has 18 heavy (non-hydrogen) atoms. The van der Waals surface area contributed by atoms with Gasteiger partial charge in [0, 0.05) is 22.1 Å². The molecule has 1 N–H and O–H groups in total. The standard InChI is InChI=1S/C13H11BrF3N/c14-11-5-6-12(18-8-7-13(15,16)17)10-4-2-1-3-9(10)11/h1-6,18H,7-8H2. The van der Waals surface area contributed by atoms with Crippen molar-refractivity contribution in [3.63, 3.8) is 0 Å². The zero-order valence-electron chi connectivity index (χ0n) is 9.39.